The maximum absolute atomic E-state index is 11.5. The number of carbonyl (C=O) groups excluding carboxylic acids is 1. The molecule has 1 fully saturated rings. The molecule has 0 aromatic heterocycles. The molecule has 1 amide bonds. The first-order chi connectivity index (χ1) is 11.4. The number of nitrogens with zero attached hydrogens (tertiary/aromatic N) is 1. The number of carbonyl (C=O) groups is 1. The summed E-state index contributed by atoms with van der Waals surface area (Å²) in [5.41, 5.74) is 2.06. The summed E-state index contributed by atoms with van der Waals surface area (Å²) >= 11 is 0. The van der Waals surface area contributed by atoms with Crippen molar-refractivity contribution in [1.82, 2.24) is 5.32 Å². The molecule has 1 saturated heterocycles. The minimum absolute atomic E-state index is 0.358. The van der Waals surface area contributed by atoms with Crippen molar-refractivity contribution in [2.75, 3.05) is 24.5 Å². The van der Waals surface area contributed by atoms with E-state index >= 15 is 0 Å². The average Bonchev–Trinajstić information content (AvgIpc) is 2.54. The standard InChI is InChI=1S/C20H30N2O2/c1-20(2,3)24-19(23)21-13-6-5-10-17-11-9-12-18(16-17)22-14-7-4-8-15-22/h5,9-12,16H,4,6-8,13-15H2,1-3H3,(H,21,23). The van der Waals surface area contributed by atoms with Crippen LogP contribution < -0.4 is 10.2 Å². The Morgan fingerprint density at radius 2 is 2.00 bits per heavy atom. The molecule has 1 aromatic carbocycles. The smallest absolute Gasteiger partial charge is 0.407 e. The number of nitrogens with one attached hydrogen (secondary N) is 1. The van der Waals surface area contributed by atoms with Crippen LogP contribution >= 0.6 is 0 Å². The zero-order valence-corrected chi connectivity index (χ0v) is 15.2. The monoisotopic (exact) mass is 330 g/mol. The molecule has 1 aliphatic heterocycles. The second-order valence-electron chi connectivity index (χ2n) is 7.26. The number of hydrogen-bond donors (Lipinski definition) is 1. The largest absolute Gasteiger partial charge is 0.444 e. The molecule has 0 atom stereocenters. The van der Waals surface area contributed by atoms with E-state index in [2.05, 4.69) is 46.6 Å². The summed E-state index contributed by atoms with van der Waals surface area (Å²) in [6.45, 7) is 8.49. The van der Waals surface area contributed by atoms with E-state index in [1.165, 1.54) is 30.5 Å². The van der Waals surface area contributed by atoms with E-state index in [1.807, 2.05) is 20.8 Å². The first-order valence-electron chi connectivity index (χ1n) is 8.92. The van der Waals surface area contributed by atoms with E-state index in [0.29, 0.717) is 6.54 Å². The van der Waals surface area contributed by atoms with E-state index in [4.69, 9.17) is 4.74 Å². The number of ether oxygens (including phenoxy) is 1. The lowest BCUT2D eigenvalue weighted by Gasteiger charge is -2.29. The Morgan fingerprint density at radius 3 is 2.71 bits per heavy atom. The number of alkyl carbamates (subject to hydrolysis) is 1. The minimum atomic E-state index is -0.450. The molecule has 1 N–H and O–H groups in total. The van der Waals surface area contributed by atoms with Gasteiger partial charge in [-0.05, 0) is 64.2 Å². The molecule has 1 aliphatic rings. The van der Waals surface area contributed by atoms with E-state index in [-0.39, 0.29) is 6.09 Å². The Hall–Kier alpha value is -1.97. The highest BCUT2D eigenvalue weighted by Gasteiger charge is 2.15. The van der Waals surface area contributed by atoms with E-state index in [0.717, 1.165) is 19.5 Å². The van der Waals surface area contributed by atoms with Crippen LogP contribution in [0.4, 0.5) is 10.5 Å². The van der Waals surface area contributed by atoms with Gasteiger partial charge < -0.3 is 15.0 Å². The molecule has 4 heteroatoms. The second-order valence-corrected chi connectivity index (χ2v) is 7.26. The second kappa shape index (κ2) is 8.76. The van der Waals surface area contributed by atoms with Crippen LogP contribution in [0, 0.1) is 0 Å². The number of benzene rings is 1. The van der Waals surface area contributed by atoms with E-state index < -0.39 is 5.60 Å². The normalized spacial score (nSPS) is 15.5. The van der Waals surface area contributed by atoms with Crippen molar-refractivity contribution < 1.29 is 9.53 Å². The van der Waals surface area contributed by atoms with Gasteiger partial charge in [-0.2, -0.15) is 0 Å². The van der Waals surface area contributed by atoms with E-state index in [9.17, 15) is 4.79 Å². The molecule has 0 unspecified atom stereocenters. The first kappa shape index (κ1) is 18.4. The van der Waals surface area contributed by atoms with Crippen LogP contribution in [0.15, 0.2) is 30.3 Å². The van der Waals surface area contributed by atoms with Crippen LogP contribution in [0.5, 0.6) is 0 Å². The van der Waals surface area contributed by atoms with Gasteiger partial charge >= 0.3 is 6.09 Å². The molecule has 0 aliphatic carbocycles. The van der Waals surface area contributed by atoms with Gasteiger partial charge in [0.05, 0.1) is 0 Å². The predicted molar refractivity (Wildman–Crippen MR) is 100 cm³/mol. The molecule has 1 aromatic rings. The Labute approximate surface area is 145 Å². The summed E-state index contributed by atoms with van der Waals surface area (Å²) in [5, 5.41) is 2.77. The number of amides is 1. The van der Waals surface area contributed by atoms with Crippen LogP contribution in [0.1, 0.15) is 52.0 Å². The number of rotatable bonds is 5. The zero-order chi connectivity index (χ0) is 17.4. The van der Waals surface area contributed by atoms with Crippen molar-refractivity contribution in [3.8, 4) is 0 Å². The van der Waals surface area contributed by atoms with Gasteiger partial charge in [-0.15, -0.1) is 0 Å². The third-order valence-corrected chi connectivity index (χ3v) is 3.88. The molecule has 1 heterocycles. The van der Waals surface area contributed by atoms with Crippen LogP contribution in [-0.2, 0) is 4.74 Å². The predicted octanol–water partition coefficient (Wildman–Crippen LogP) is 4.60. The molecule has 24 heavy (non-hydrogen) atoms. The summed E-state index contributed by atoms with van der Waals surface area (Å²) < 4.78 is 5.21. The highest BCUT2D eigenvalue weighted by molar-refractivity contribution is 5.67. The van der Waals surface area contributed by atoms with Crippen molar-refractivity contribution in [3.63, 3.8) is 0 Å². The summed E-state index contributed by atoms with van der Waals surface area (Å²) in [5.74, 6) is 0. The summed E-state index contributed by atoms with van der Waals surface area (Å²) in [7, 11) is 0. The Bertz CT molecular complexity index is 555. The van der Waals surface area contributed by atoms with Crippen molar-refractivity contribution in [2.24, 2.45) is 0 Å². The molecule has 132 valence electrons. The fraction of sp³-hybridized carbons (Fsp3) is 0.550. The van der Waals surface area contributed by atoms with E-state index in [1.54, 1.807) is 0 Å². The van der Waals surface area contributed by atoms with Crippen LogP contribution in [0.2, 0.25) is 0 Å². The summed E-state index contributed by atoms with van der Waals surface area (Å²) in [6.07, 6.45) is 8.56. The van der Waals surface area contributed by atoms with Gasteiger partial charge in [0, 0.05) is 25.3 Å². The first-order valence-corrected chi connectivity index (χ1v) is 8.92. The maximum Gasteiger partial charge on any atom is 0.407 e. The van der Waals surface area contributed by atoms with Crippen molar-refractivity contribution in [2.45, 2.75) is 52.1 Å². The Balaban J connectivity index is 1.77. The maximum atomic E-state index is 11.5. The zero-order valence-electron chi connectivity index (χ0n) is 15.2. The van der Waals surface area contributed by atoms with Gasteiger partial charge in [0.15, 0.2) is 0 Å². The number of anilines is 1. The minimum Gasteiger partial charge on any atom is -0.444 e. The molecular formula is C20H30N2O2. The molecule has 0 bridgehead atoms. The quantitative estimate of drug-likeness (QED) is 0.802. The lowest BCUT2D eigenvalue weighted by atomic mass is 10.1. The molecular weight excluding hydrogens is 300 g/mol. The van der Waals surface area contributed by atoms with Crippen LogP contribution in [0.3, 0.4) is 0 Å². The fourth-order valence-electron chi connectivity index (χ4n) is 2.77. The number of piperidine rings is 1. The van der Waals surface area contributed by atoms with Crippen molar-refractivity contribution >= 4 is 17.9 Å². The number of hydrogen-bond acceptors (Lipinski definition) is 3. The van der Waals surface area contributed by atoms with Crippen molar-refractivity contribution in [1.29, 1.82) is 0 Å². The lowest BCUT2D eigenvalue weighted by Crippen LogP contribution is -2.32. The van der Waals surface area contributed by atoms with Crippen LogP contribution in [0.25, 0.3) is 6.08 Å². The highest BCUT2D eigenvalue weighted by atomic mass is 16.6. The van der Waals surface area contributed by atoms with Crippen molar-refractivity contribution in [3.05, 3.63) is 35.9 Å². The summed E-state index contributed by atoms with van der Waals surface area (Å²) in [4.78, 5) is 14.0. The van der Waals surface area contributed by atoms with Gasteiger partial charge in [-0.1, -0.05) is 24.3 Å². The molecule has 4 nitrogen and oxygen atoms in total. The van der Waals surface area contributed by atoms with Gasteiger partial charge in [-0.3, -0.25) is 0 Å². The van der Waals surface area contributed by atoms with Gasteiger partial charge in [0.1, 0.15) is 5.60 Å². The lowest BCUT2D eigenvalue weighted by molar-refractivity contribution is 0.0529. The Morgan fingerprint density at radius 1 is 1.25 bits per heavy atom. The molecule has 0 radical (unpaired) electrons. The topological polar surface area (TPSA) is 41.6 Å². The Kier molecular flexibility index (Phi) is 6.71. The third kappa shape index (κ3) is 6.65. The molecule has 0 spiro atoms. The van der Waals surface area contributed by atoms with Gasteiger partial charge in [0.2, 0.25) is 0 Å². The fourth-order valence-corrected chi connectivity index (χ4v) is 2.77. The third-order valence-electron chi connectivity index (χ3n) is 3.88. The average molecular weight is 330 g/mol. The van der Waals surface area contributed by atoms with Gasteiger partial charge in [-0.25, -0.2) is 4.79 Å². The molecule has 2 rings (SSSR count). The SMILES string of the molecule is CC(C)(C)OC(=O)NCCC=Cc1cccc(N2CCCCC2)c1. The summed E-state index contributed by atoms with van der Waals surface area (Å²) in [6, 6.07) is 8.66. The highest BCUT2D eigenvalue weighted by Crippen LogP contribution is 2.21. The van der Waals surface area contributed by atoms with Gasteiger partial charge in [0.25, 0.3) is 0 Å². The molecule has 0 saturated carbocycles. The van der Waals surface area contributed by atoms with Crippen LogP contribution in [-0.4, -0.2) is 31.3 Å².